The van der Waals surface area contributed by atoms with Gasteiger partial charge in [-0.2, -0.15) is 0 Å². The molecule has 0 aliphatic rings. The number of hydrogen-bond donors (Lipinski definition) is 2. The minimum Gasteiger partial charge on any atom is -0.436 e. The Morgan fingerprint density at radius 3 is 2.71 bits per heavy atom. The molecular formula is C15H18N4O2. The van der Waals surface area contributed by atoms with Crippen LogP contribution in [-0.2, 0) is 11.2 Å². The molecule has 1 aromatic heterocycles. The highest BCUT2D eigenvalue weighted by Crippen LogP contribution is 2.31. The van der Waals surface area contributed by atoms with E-state index >= 15 is 0 Å². The molecule has 0 atom stereocenters. The number of amides is 1. The fourth-order valence-electron chi connectivity index (χ4n) is 1.97. The largest absolute Gasteiger partial charge is 0.436 e. The lowest BCUT2D eigenvalue weighted by Gasteiger charge is -2.14. The summed E-state index contributed by atoms with van der Waals surface area (Å²) in [5.41, 5.74) is 1.49. The zero-order valence-corrected chi connectivity index (χ0v) is 12.3. The molecule has 0 spiro atoms. The van der Waals surface area contributed by atoms with Gasteiger partial charge in [0.05, 0.1) is 11.3 Å². The van der Waals surface area contributed by atoms with Crippen LogP contribution >= 0.6 is 0 Å². The van der Waals surface area contributed by atoms with Crippen LogP contribution in [0.2, 0.25) is 0 Å². The third-order valence-electron chi connectivity index (χ3n) is 2.90. The number of hydrogen-bond acceptors (Lipinski definition) is 5. The zero-order valence-electron chi connectivity index (χ0n) is 12.3. The van der Waals surface area contributed by atoms with Crippen LogP contribution in [0, 0.1) is 0 Å². The predicted molar refractivity (Wildman–Crippen MR) is 81.8 cm³/mol. The highest BCUT2D eigenvalue weighted by Gasteiger charge is 2.13. The Hall–Kier alpha value is -2.63. The van der Waals surface area contributed by atoms with Gasteiger partial charge in [-0.15, -0.1) is 0 Å². The van der Waals surface area contributed by atoms with Gasteiger partial charge in [-0.3, -0.25) is 4.79 Å². The van der Waals surface area contributed by atoms with E-state index in [1.54, 1.807) is 19.2 Å². The molecule has 0 aliphatic carbocycles. The second-order valence-corrected chi connectivity index (χ2v) is 4.39. The molecule has 0 fully saturated rings. The molecule has 21 heavy (non-hydrogen) atoms. The summed E-state index contributed by atoms with van der Waals surface area (Å²) in [6.45, 7) is 3.46. The summed E-state index contributed by atoms with van der Waals surface area (Å²) < 4.78 is 5.87. The van der Waals surface area contributed by atoms with Crippen molar-refractivity contribution in [1.29, 1.82) is 0 Å². The number of rotatable bonds is 5. The predicted octanol–water partition coefficient (Wildman–Crippen LogP) is 2.83. The molecule has 6 heteroatoms. The molecule has 2 aromatic rings. The number of nitrogens with one attached hydrogen (secondary N) is 2. The summed E-state index contributed by atoms with van der Waals surface area (Å²) in [6.07, 6.45) is 2.18. The Bertz CT molecular complexity index is 643. The van der Waals surface area contributed by atoms with Gasteiger partial charge in [0.25, 0.3) is 0 Å². The maximum absolute atomic E-state index is 11.2. The van der Waals surface area contributed by atoms with E-state index < -0.39 is 0 Å². The number of nitrogens with zero attached hydrogens (tertiary/aromatic N) is 2. The smallest absolute Gasteiger partial charge is 0.227 e. The van der Waals surface area contributed by atoms with E-state index in [1.165, 1.54) is 13.3 Å². The van der Waals surface area contributed by atoms with Crippen LogP contribution in [0.5, 0.6) is 11.6 Å². The van der Waals surface area contributed by atoms with Crippen LogP contribution in [0.3, 0.4) is 0 Å². The number of carbonyl (C=O) groups excluding carboxylic acids is 1. The van der Waals surface area contributed by atoms with Crippen LogP contribution in [0.15, 0.2) is 30.6 Å². The summed E-state index contributed by atoms with van der Waals surface area (Å²) in [5.74, 6) is 1.61. The van der Waals surface area contributed by atoms with E-state index in [4.69, 9.17) is 4.74 Å². The van der Waals surface area contributed by atoms with Crippen molar-refractivity contribution in [3.8, 4) is 11.6 Å². The molecule has 0 saturated heterocycles. The molecule has 0 radical (unpaired) electrons. The second kappa shape index (κ2) is 6.69. The van der Waals surface area contributed by atoms with Gasteiger partial charge in [0.2, 0.25) is 11.8 Å². The number of aromatic nitrogens is 2. The van der Waals surface area contributed by atoms with E-state index in [0.29, 0.717) is 17.3 Å². The molecule has 2 rings (SSSR count). The lowest BCUT2D eigenvalue weighted by atomic mass is 10.2. The quantitative estimate of drug-likeness (QED) is 0.884. The third-order valence-corrected chi connectivity index (χ3v) is 2.90. The van der Waals surface area contributed by atoms with Gasteiger partial charge < -0.3 is 15.4 Å². The maximum atomic E-state index is 11.2. The van der Waals surface area contributed by atoms with Gasteiger partial charge in [0.15, 0.2) is 5.75 Å². The normalized spacial score (nSPS) is 10.0. The fraction of sp³-hybridized carbons (Fsp3) is 0.267. The molecular weight excluding hydrogens is 268 g/mol. The van der Waals surface area contributed by atoms with Crippen molar-refractivity contribution in [3.05, 3.63) is 36.2 Å². The van der Waals surface area contributed by atoms with Gasteiger partial charge in [-0.25, -0.2) is 9.97 Å². The van der Waals surface area contributed by atoms with Crippen LogP contribution < -0.4 is 15.4 Å². The van der Waals surface area contributed by atoms with Crippen LogP contribution in [0.25, 0.3) is 0 Å². The first kappa shape index (κ1) is 14.8. The van der Waals surface area contributed by atoms with E-state index in [2.05, 4.69) is 20.6 Å². The molecule has 0 saturated carbocycles. The molecule has 0 bridgehead atoms. The minimum absolute atomic E-state index is 0.152. The van der Waals surface area contributed by atoms with Crippen LogP contribution in [-0.4, -0.2) is 22.9 Å². The SMILES string of the molecule is CCc1c(NC)ncnc1Oc1ccccc1NC(C)=O. The Labute approximate surface area is 123 Å². The Balaban J connectivity index is 2.36. The third kappa shape index (κ3) is 3.47. The molecule has 2 N–H and O–H groups in total. The first-order chi connectivity index (χ1) is 10.2. The molecule has 0 unspecified atom stereocenters. The molecule has 0 aliphatic heterocycles. The van der Waals surface area contributed by atoms with Gasteiger partial charge in [0.1, 0.15) is 12.1 Å². The first-order valence-corrected chi connectivity index (χ1v) is 6.71. The van der Waals surface area contributed by atoms with Gasteiger partial charge in [-0.1, -0.05) is 19.1 Å². The Kier molecular flexibility index (Phi) is 4.71. The minimum atomic E-state index is -0.152. The molecule has 1 amide bonds. The number of carbonyl (C=O) groups is 1. The monoisotopic (exact) mass is 286 g/mol. The second-order valence-electron chi connectivity index (χ2n) is 4.39. The fourth-order valence-corrected chi connectivity index (χ4v) is 1.97. The average molecular weight is 286 g/mol. The van der Waals surface area contributed by atoms with E-state index in [-0.39, 0.29) is 5.91 Å². The van der Waals surface area contributed by atoms with Crippen molar-refractivity contribution in [2.24, 2.45) is 0 Å². The first-order valence-electron chi connectivity index (χ1n) is 6.71. The molecule has 1 heterocycles. The summed E-state index contributed by atoms with van der Waals surface area (Å²) in [4.78, 5) is 19.6. The maximum Gasteiger partial charge on any atom is 0.227 e. The molecule has 110 valence electrons. The van der Waals surface area contributed by atoms with Crippen molar-refractivity contribution in [2.75, 3.05) is 17.7 Å². The molecule has 6 nitrogen and oxygen atoms in total. The average Bonchev–Trinajstić information content (AvgIpc) is 2.48. The van der Waals surface area contributed by atoms with Gasteiger partial charge in [-0.05, 0) is 18.6 Å². The number of para-hydroxylation sites is 2. The summed E-state index contributed by atoms with van der Waals surface area (Å²) >= 11 is 0. The van der Waals surface area contributed by atoms with Crippen molar-refractivity contribution in [2.45, 2.75) is 20.3 Å². The summed E-state index contributed by atoms with van der Waals surface area (Å²) in [5, 5.41) is 5.76. The number of benzene rings is 1. The van der Waals surface area contributed by atoms with E-state index in [1.807, 2.05) is 19.1 Å². The highest BCUT2D eigenvalue weighted by atomic mass is 16.5. The zero-order chi connectivity index (χ0) is 15.2. The lowest BCUT2D eigenvalue weighted by Crippen LogP contribution is -2.08. The van der Waals surface area contributed by atoms with Crippen LogP contribution in [0.4, 0.5) is 11.5 Å². The standard InChI is InChI=1S/C15H18N4O2/c1-4-11-14(16-3)17-9-18-15(11)21-13-8-6-5-7-12(13)19-10(2)20/h5-9H,4H2,1-3H3,(H,19,20)(H,16,17,18). The topological polar surface area (TPSA) is 76.1 Å². The van der Waals surface area contributed by atoms with E-state index in [9.17, 15) is 4.79 Å². The van der Waals surface area contributed by atoms with Crippen molar-refractivity contribution >= 4 is 17.4 Å². The highest BCUT2D eigenvalue weighted by molar-refractivity contribution is 5.90. The Morgan fingerprint density at radius 1 is 1.29 bits per heavy atom. The van der Waals surface area contributed by atoms with Gasteiger partial charge >= 0.3 is 0 Å². The molecule has 1 aromatic carbocycles. The number of anilines is 2. The number of ether oxygens (including phenoxy) is 1. The van der Waals surface area contributed by atoms with Gasteiger partial charge in [0, 0.05) is 14.0 Å². The summed E-state index contributed by atoms with van der Waals surface area (Å²) in [7, 11) is 1.80. The lowest BCUT2D eigenvalue weighted by molar-refractivity contribution is -0.114. The van der Waals surface area contributed by atoms with Crippen molar-refractivity contribution in [1.82, 2.24) is 9.97 Å². The summed E-state index contributed by atoms with van der Waals surface area (Å²) in [6, 6.07) is 7.23. The Morgan fingerprint density at radius 2 is 2.05 bits per heavy atom. The van der Waals surface area contributed by atoms with E-state index in [0.717, 1.165) is 17.8 Å². The van der Waals surface area contributed by atoms with Crippen molar-refractivity contribution < 1.29 is 9.53 Å². The van der Waals surface area contributed by atoms with Crippen molar-refractivity contribution in [3.63, 3.8) is 0 Å². The van der Waals surface area contributed by atoms with Crippen LogP contribution in [0.1, 0.15) is 19.4 Å².